The van der Waals surface area contributed by atoms with Crippen LogP contribution in [0.1, 0.15) is 49.4 Å². The molecule has 0 bridgehead atoms. The number of allylic oxidation sites excluding steroid dienone is 1. The van der Waals surface area contributed by atoms with Gasteiger partial charge < -0.3 is 15.2 Å². The van der Waals surface area contributed by atoms with Gasteiger partial charge in [-0.1, -0.05) is 11.6 Å². The molecular weight excluding hydrogens is 368 g/mol. The number of aromatic carboxylic acids is 1. The van der Waals surface area contributed by atoms with Crippen molar-refractivity contribution in [2.24, 2.45) is 0 Å². The first kappa shape index (κ1) is 21.4. The Bertz CT molecular complexity index is 789. The van der Waals surface area contributed by atoms with Gasteiger partial charge in [0.05, 0.1) is 17.9 Å². The van der Waals surface area contributed by atoms with Gasteiger partial charge in [0.25, 0.3) is 0 Å². The number of carboxylic acid groups (broad SMARTS) is 1. The minimum Gasteiger partial charge on any atom is -0.478 e. The first-order chi connectivity index (χ1) is 12.8. The first-order valence-electron chi connectivity index (χ1n) is 9.14. The molecule has 0 fully saturated rings. The maximum atomic E-state index is 12.8. The van der Waals surface area contributed by atoms with Crippen LogP contribution >= 0.6 is 0 Å². The van der Waals surface area contributed by atoms with E-state index < -0.39 is 22.0 Å². The zero-order valence-corrected chi connectivity index (χ0v) is 16.6. The monoisotopic (exact) mass is 396 g/mol. The Hall–Kier alpha value is -1.90. The van der Waals surface area contributed by atoms with Crippen LogP contribution in [0.25, 0.3) is 0 Å². The summed E-state index contributed by atoms with van der Waals surface area (Å²) >= 11 is 0. The van der Waals surface area contributed by atoms with Gasteiger partial charge in [0.15, 0.2) is 0 Å². The Morgan fingerprint density at radius 1 is 1.33 bits per heavy atom. The second-order valence-corrected chi connectivity index (χ2v) is 8.46. The molecule has 3 N–H and O–H groups in total. The number of sulfonamides is 1. The number of carboxylic acids is 1. The summed E-state index contributed by atoms with van der Waals surface area (Å²) in [6.45, 7) is 2.49. The zero-order chi connectivity index (χ0) is 19.9. The van der Waals surface area contributed by atoms with Crippen molar-refractivity contribution in [2.45, 2.75) is 50.0 Å². The standard InChI is InChI=1S/C19H28N2O5S/c1-14(13-26-2)21-27(24,25)18-12-16(19(22)23)8-9-17(18)20-11-10-15-6-4-3-5-7-15/h6,8-9,12,14,20-21H,3-5,7,10-11,13H2,1-2H3,(H,22,23). The molecule has 0 spiro atoms. The lowest BCUT2D eigenvalue weighted by Crippen LogP contribution is -2.36. The molecule has 7 nitrogen and oxygen atoms in total. The third-order valence-electron chi connectivity index (χ3n) is 4.44. The number of nitrogens with one attached hydrogen (secondary N) is 2. The summed E-state index contributed by atoms with van der Waals surface area (Å²) in [4.78, 5) is 11.2. The molecule has 8 heteroatoms. The molecule has 0 aromatic heterocycles. The third-order valence-corrected chi connectivity index (χ3v) is 6.07. The molecule has 27 heavy (non-hydrogen) atoms. The van der Waals surface area contributed by atoms with Crippen LogP contribution in [0.4, 0.5) is 5.69 Å². The van der Waals surface area contributed by atoms with Crippen molar-refractivity contribution in [3.8, 4) is 0 Å². The molecule has 1 aliphatic rings. The second-order valence-electron chi connectivity index (χ2n) is 6.78. The first-order valence-corrected chi connectivity index (χ1v) is 10.6. The molecule has 0 radical (unpaired) electrons. The van der Waals surface area contributed by atoms with Crippen molar-refractivity contribution < 1.29 is 23.1 Å². The number of ether oxygens (including phenoxy) is 1. The van der Waals surface area contributed by atoms with Crippen molar-refractivity contribution >= 4 is 21.7 Å². The molecular formula is C19H28N2O5S. The van der Waals surface area contributed by atoms with Crippen molar-refractivity contribution in [1.82, 2.24) is 4.72 Å². The van der Waals surface area contributed by atoms with E-state index in [9.17, 15) is 18.3 Å². The Labute approximate surface area is 160 Å². The van der Waals surface area contributed by atoms with Gasteiger partial charge in [-0.2, -0.15) is 0 Å². The quantitative estimate of drug-likeness (QED) is 0.525. The van der Waals surface area contributed by atoms with E-state index >= 15 is 0 Å². The van der Waals surface area contributed by atoms with Crippen LogP contribution in [0.15, 0.2) is 34.7 Å². The van der Waals surface area contributed by atoms with Crippen LogP contribution in [-0.4, -0.2) is 45.8 Å². The lowest BCUT2D eigenvalue weighted by molar-refractivity contribution is 0.0696. The van der Waals surface area contributed by atoms with E-state index in [0.29, 0.717) is 12.2 Å². The lowest BCUT2D eigenvalue weighted by atomic mass is 9.97. The topological polar surface area (TPSA) is 105 Å². The number of carbonyl (C=O) groups is 1. The minimum absolute atomic E-state index is 0.0667. The van der Waals surface area contributed by atoms with Gasteiger partial charge in [-0.05, 0) is 57.2 Å². The van der Waals surface area contributed by atoms with Gasteiger partial charge >= 0.3 is 5.97 Å². The predicted molar refractivity (Wildman–Crippen MR) is 105 cm³/mol. The van der Waals surface area contributed by atoms with Gasteiger partial charge in [-0.15, -0.1) is 0 Å². The maximum Gasteiger partial charge on any atom is 0.335 e. The molecule has 0 aliphatic heterocycles. The Balaban J connectivity index is 2.20. The summed E-state index contributed by atoms with van der Waals surface area (Å²) in [5.74, 6) is -1.17. The molecule has 1 aliphatic carbocycles. The van der Waals surface area contributed by atoms with Gasteiger partial charge in [-0.25, -0.2) is 17.9 Å². The van der Waals surface area contributed by atoms with Gasteiger partial charge in [0, 0.05) is 19.7 Å². The maximum absolute atomic E-state index is 12.8. The summed E-state index contributed by atoms with van der Waals surface area (Å²) in [6.07, 6.45) is 7.70. The summed E-state index contributed by atoms with van der Waals surface area (Å²) < 4.78 is 33.0. The van der Waals surface area contributed by atoms with E-state index in [-0.39, 0.29) is 17.1 Å². The van der Waals surface area contributed by atoms with E-state index in [1.807, 2.05) is 0 Å². The average molecular weight is 397 g/mol. The van der Waals surface area contributed by atoms with Crippen LogP contribution in [0.2, 0.25) is 0 Å². The number of hydrogen-bond acceptors (Lipinski definition) is 5. The predicted octanol–water partition coefficient (Wildman–Crippen LogP) is 3.00. The van der Waals surface area contributed by atoms with Crippen molar-refractivity contribution in [1.29, 1.82) is 0 Å². The molecule has 2 rings (SSSR count). The molecule has 0 saturated heterocycles. The van der Waals surface area contributed by atoms with Gasteiger partial charge in [0.2, 0.25) is 10.0 Å². The fourth-order valence-corrected chi connectivity index (χ4v) is 4.56. The van der Waals surface area contributed by atoms with Crippen molar-refractivity contribution in [3.63, 3.8) is 0 Å². The molecule has 1 atom stereocenters. The highest BCUT2D eigenvalue weighted by atomic mass is 32.2. The van der Waals surface area contributed by atoms with Crippen LogP contribution in [-0.2, 0) is 14.8 Å². The third kappa shape index (κ3) is 6.34. The van der Waals surface area contributed by atoms with E-state index in [2.05, 4.69) is 16.1 Å². The highest BCUT2D eigenvalue weighted by Gasteiger charge is 2.23. The fourth-order valence-electron chi connectivity index (χ4n) is 3.13. The normalized spacial score (nSPS) is 15.9. The van der Waals surface area contributed by atoms with Gasteiger partial charge in [0.1, 0.15) is 4.90 Å². The van der Waals surface area contributed by atoms with Crippen molar-refractivity contribution in [3.05, 3.63) is 35.4 Å². The minimum atomic E-state index is -3.89. The Morgan fingerprint density at radius 3 is 2.74 bits per heavy atom. The number of methoxy groups -OCH3 is 1. The highest BCUT2D eigenvalue weighted by molar-refractivity contribution is 7.89. The van der Waals surface area contributed by atoms with Gasteiger partial charge in [-0.3, -0.25) is 0 Å². The average Bonchev–Trinajstić information content (AvgIpc) is 2.62. The van der Waals surface area contributed by atoms with E-state index in [1.165, 1.54) is 43.7 Å². The summed E-state index contributed by atoms with van der Waals surface area (Å²) in [7, 11) is -2.41. The van der Waals surface area contributed by atoms with Crippen LogP contribution in [0, 0.1) is 0 Å². The molecule has 1 unspecified atom stereocenters. The molecule has 0 amide bonds. The smallest absolute Gasteiger partial charge is 0.335 e. The number of benzene rings is 1. The Morgan fingerprint density at radius 2 is 2.11 bits per heavy atom. The number of anilines is 1. The fraction of sp³-hybridized carbons (Fsp3) is 0.526. The van der Waals surface area contributed by atoms with Crippen LogP contribution in [0.5, 0.6) is 0 Å². The Kier molecular flexibility index (Phi) is 7.82. The lowest BCUT2D eigenvalue weighted by Gasteiger charge is -2.18. The molecule has 0 heterocycles. The van der Waals surface area contributed by atoms with Crippen molar-refractivity contribution in [2.75, 3.05) is 25.6 Å². The highest BCUT2D eigenvalue weighted by Crippen LogP contribution is 2.25. The number of rotatable bonds is 10. The van der Waals surface area contributed by atoms with Crippen LogP contribution in [0.3, 0.4) is 0 Å². The van der Waals surface area contributed by atoms with E-state index in [1.54, 1.807) is 6.92 Å². The number of hydrogen-bond donors (Lipinski definition) is 3. The summed E-state index contributed by atoms with van der Waals surface area (Å²) in [6, 6.07) is 3.66. The molecule has 150 valence electrons. The van der Waals surface area contributed by atoms with E-state index in [0.717, 1.165) is 19.3 Å². The largest absolute Gasteiger partial charge is 0.478 e. The zero-order valence-electron chi connectivity index (χ0n) is 15.8. The summed E-state index contributed by atoms with van der Waals surface area (Å²) in [5, 5.41) is 12.4. The van der Waals surface area contributed by atoms with Crippen LogP contribution < -0.4 is 10.0 Å². The molecule has 1 aromatic carbocycles. The second kappa shape index (κ2) is 9.87. The summed E-state index contributed by atoms with van der Waals surface area (Å²) in [5.41, 5.74) is 1.70. The molecule has 0 saturated carbocycles. The van der Waals surface area contributed by atoms with E-state index in [4.69, 9.17) is 4.74 Å². The molecule has 1 aromatic rings. The SMILES string of the molecule is COCC(C)NS(=O)(=O)c1cc(C(=O)O)ccc1NCCC1=CCCCC1.